The molecule has 0 aromatic carbocycles. The Bertz CT molecular complexity index is 336. The van der Waals surface area contributed by atoms with E-state index < -0.39 is 0 Å². The van der Waals surface area contributed by atoms with E-state index in [1.54, 1.807) is 4.88 Å². The summed E-state index contributed by atoms with van der Waals surface area (Å²) in [6, 6.07) is 5.11. The van der Waals surface area contributed by atoms with Crippen LogP contribution in [0.15, 0.2) is 17.5 Å². The predicted octanol–water partition coefficient (Wildman–Crippen LogP) is 5.25. The summed E-state index contributed by atoms with van der Waals surface area (Å²) in [6.45, 7) is 8.18. The Kier molecular flexibility index (Phi) is 5.90. The van der Waals surface area contributed by atoms with Crippen LogP contribution in [-0.2, 0) is 0 Å². The SMILES string of the molecule is CCCNC(c1cccs1)C1CCC(C(C)C)CC1. The van der Waals surface area contributed by atoms with E-state index in [9.17, 15) is 0 Å². The third-order valence-corrected chi connectivity index (χ3v) is 5.65. The van der Waals surface area contributed by atoms with E-state index in [1.807, 2.05) is 11.3 Å². The van der Waals surface area contributed by atoms with Crippen molar-refractivity contribution in [1.29, 1.82) is 0 Å². The molecule has 2 rings (SSSR count). The number of thiophene rings is 1. The lowest BCUT2D eigenvalue weighted by molar-refractivity contribution is 0.190. The summed E-state index contributed by atoms with van der Waals surface area (Å²) in [6.07, 6.45) is 6.89. The zero-order chi connectivity index (χ0) is 13.7. The number of hydrogen-bond donors (Lipinski definition) is 1. The Morgan fingerprint density at radius 2 is 1.89 bits per heavy atom. The minimum absolute atomic E-state index is 0.605. The second kappa shape index (κ2) is 7.44. The molecular weight excluding hydrogens is 250 g/mol. The smallest absolute Gasteiger partial charge is 0.0443 e. The summed E-state index contributed by atoms with van der Waals surface area (Å²) in [5, 5.41) is 6.01. The van der Waals surface area contributed by atoms with Gasteiger partial charge in [0, 0.05) is 10.9 Å². The largest absolute Gasteiger partial charge is 0.309 e. The molecule has 1 unspecified atom stereocenters. The van der Waals surface area contributed by atoms with Crippen molar-refractivity contribution >= 4 is 11.3 Å². The van der Waals surface area contributed by atoms with E-state index in [-0.39, 0.29) is 0 Å². The van der Waals surface area contributed by atoms with E-state index in [0.717, 1.165) is 24.3 Å². The van der Waals surface area contributed by atoms with Crippen molar-refractivity contribution in [2.45, 2.75) is 58.9 Å². The van der Waals surface area contributed by atoms with E-state index in [4.69, 9.17) is 0 Å². The van der Waals surface area contributed by atoms with Crippen molar-refractivity contribution in [1.82, 2.24) is 5.32 Å². The van der Waals surface area contributed by atoms with Crippen LogP contribution in [0, 0.1) is 17.8 Å². The normalized spacial score (nSPS) is 25.7. The third-order valence-electron chi connectivity index (χ3n) is 4.69. The highest BCUT2D eigenvalue weighted by molar-refractivity contribution is 7.10. The van der Waals surface area contributed by atoms with E-state index in [1.165, 1.54) is 32.1 Å². The van der Waals surface area contributed by atoms with Gasteiger partial charge >= 0.3 is 0 Å². The lowest BCUT2D eigenvalue weighted by Crippen LogP contribution is -2.31. The fourth-order valence-corrected chi connectivity index (χ4v) is 4.31. The van der Waals surface area contributed by atoms with Crippen LogP contribution in [0.3, 0.4) is 0 Å². The Morgan fingerprint density at radius 1 is 1.21 bits per heavy atom. The summed E-state index contributed by atoms with van der Waals surface area (Å²) < 4.78 is 0. The summed E-state index contributed by atoms with van der Waals surface area (Å²) in [4.78, 5) is 1.54. The van der Waals surface area contributed by atoms with Gasteiger partial charge in [0.25, 0.3) is 0 Å². The van der Waals surface area contributed by atoms with Crippen LogP contribution in [0.4, 0.5) is 0 Å². The highest BCUT2D eigenvalue weighted by Crippen LogP contribution is 2.40. The summed E-state index contributed by atoms with van der Waals surface area (Å²) in [5.41, 5.74) is 0. The zero-order valence-corrected chi connectivity index (χ0v) is 13.5. The van der Waals surface area contributed by atoms with Crippen LogP contribution >= 0.6 is 11.3 Å². The van der Waals surface area contributed by atoms with Gasteiger partial charge in [-0.1, -0.05) is 26.8 Å². The van der Waals surface area contributed by atoms with Crippen LogP contribution in [0.5, 0.6) is 0 Å². The molecule has 1 heterocycles. The average molecular weight is 279 g/mol. The Labute approximate surface area is 122 Å². The molecule has 0 amide bonds. The van der Waals surface area contributed by atoms with Crippen molar-refractivity contribution in [3.8, 4) is 0 Å². The van der Waals surface area contributed by atoms with Gasteiger partial charge in [0.2, 0.25) is 0 Å². The molecule has 0 spiro atoms. The van der Waals surface area contributed by atoms with Gasteiger partial charge in [-0.2, -0.15) is 0 Å². The topological polar surface area (TPSA) is 12.0 Å². The molecule has 1 saturated carbocycles. The minimum atomic E-state index is 0.605. The number of nitrogens with one attached hydrogen (secondary N) is 1. The molecule has 19 heavy (non-hydrogen) atoms. The van der Waals surface area contributed by atoms with Gasteiger partial charge < -0.3 is 5.32 Å². The lowest BCUT2D eigenvalue weighted by atomic mass is 9.74. The molecule has 1 aliphatic rings. The highest BCUT2D eigenvalue weighted by Gasteiger charge is 2.29. The molecule has 1 aromatic rings. The Hall–Kier alpha value is -0.340. The fraction of sp³-hybridized carbons (Fsp3) is 0.765. The molecule has 1 N–H and O–H groups in total. The van der Waals surface area contributed by atoms with Crippen molar-refractivity contribution in [2.75, 3.05) is 6.54 Å². The first-order valence-electron chi connectivity index (χ1n) is 7.99. The Balaban J connectivity index is 1.96. The molecular formula is C17H29NS. The molecule has 0 radical (unpaired) electrons. The molecule has 2 heteroatoms. The average Bonchev–Trinajstić information content (AvgIpc) is 2.94. The first kappa shape index (κ1) is 15.1. The first-order chi connectivity index (χ1) is 9.22. The van der Waals surface area contributed by atoms with Gasteiger partial charge in [-0.3, -0.25) is 0 Å². The monoisotopic (exact) mass is 279 g/mol. The molecule has 1 atom stereocenters. The molecule has 1 fully saturated rings. The van der Waals surface area contributed by atoms with Crippen LogP contribution in [0.1, 0.15) is 63.8 Å². The van der Waals surface area contributed by atoms with E-state index in [2.05, 4.69) is 43.6 Å². The van der Waals surface area contributed by atoms with E-state index in [0.29, 0.717) is 6.04 Å². The summed E-state index contributed by atoms with van der Waals surface area (Å²) in [5.74, 6) is 2.68. The maximum atomic E-state index is 3.80. The second-order valence-corrected chi connectivity index (χ2v) is 7.35. The molecule has 108 valence electrons. The summed E-state index contributed by atoms with van der Waals surface area (Å²) >= 11 is 1.92. The van der Waals surface area contributed by atoms with Gasteiger partial charge in [-0.05, 0) is 67.8 Å². The molecule has 0 bridgehead atoms. The van der Waals surface area contributed by atoms with Crippen LogP contribution in [-0.4, -0.2) is 6.54 Å². The first-order valence-corrected chi connectivity index (χ1v) is 8.87. The second-order valence-electron chi connectivity index (χ2n) is 6.37. The van der Waals surface area contributed by atoms with Gasteiger partial charge in [0.15, 0.2) is 0 Å². The zero-order valence-electron chi connectivity index (χ0n) is 12.7. The molecule has 0 saturated heterocycles. The Morgan fingerprint density at radius 3 is 2.42 bits per heavy atom. The molecule has 1 aliphatic carbocycles. The molecule has 1 aromatic heterocycles. The van der Waals surface area contributed by atoms with Crippen molar-refractivity contribution in [3.05, 3.63) is 22.4 Å². The van der Waals surface area contributed by atoms with E-state index >= 15 is 0 Å². The predicted molar refractivity (Wildman–Crippen MR) is 85.6 cm³/mol. The van der Waals surface area contributed by atoms with Crippen LogP contribution in [0.2, 0.25) is 0 Å². The van der Waals surface area contributed by atoms with Crippen molar-refractivity contribution in [2.24, 2.45) is 17.8 Å². The number of hydrogen-bond acceptors (Lipinski definition) is 2. The van der Waals surface area contributed by atoms with Crippen molar-refractivity contribution in [3.63, 3.8) is 0 Å². The summed E-state index contributed by atoms with van der Waals surface area (Å²) in [7, 11) is 0. The molecule has 1 nitrogen and oxygen atoms in total. The third kappa shape index (κ3) is 4.06. The number of rotatable bonds is 6. The lowest BCUT2D eigenvalue weighted by Gasteiger charge is -2.35. The van der Waals surface area contributed by atoms with Gasteiger partial charge in [-0.25, -0.2) is 0 Å². The van der Waals surface area contributed by atoms with Gasteiger partial charge in [0.05, 0.1) is 0 Å². The maximum Gasteiger partial charge on any atom is 0.0443 e. The quantitative estimate of drug-likeness (QED) is 0.750. The highest BCUT2D eigenvalue weighted by atomic mass is 32.1. The molecule has 0 aliphatic heterocycles. The van der Waals surface area contributed by atoms with Crippen LogP contribution in [0.25, 0.3) is 0 Å². The fourth-order valence-electron chi connectivity index (χ4n) is 3.41. The van der Waals surface area contributed by atoms with Gasteiger partial charge in [-0.15, -0.1) is 11.3 Å². The minimum Gasteiger partial charge on any atom is -0.309 e. The maximum absolute atomic E-state index is 3.80. The standard InChI is InChI=1S/C17H29NS/c1-4-11-18-17(16-6-5-12-19-16)15-9-7-14(8-10-15)13(2)3/h5-6,12-15,17-18H,4,7-11H2,1-3H3. The van der Waals surface area contributed by atoms with Gasteiger partial charge in [0.1, 0.15) is 0 Å². The van der Waals surface area contributed by atoms with Crippen molar-refractivity contribution < 1.29 is 0 Å². The van der Waals surface area contributed by atoms with Crippen LogP contribution < -0.4 is 5.32 Å².